The van der Waals surface area contributed by atoms with Crippen molar-refractivity contribution in [2.24, 2.45) is 0 Å². The molecule has 1 aromatic heterocycles. The van der Waals surface area contributed by atoms with E-state index < -0.39 is 5.82 Å². The summed E-state index contributed by atoms with van der Waals surface area (Å²) < 4.78 is 20.1. The van der Waals surface area contributed by atoms with Crippen molar-refractivity contribution in [2.45, 2.75) is 13.1 Å². The highest BCUT2D eigenvalue weighted by Crippen LogP contribution is 2.24. The molecule has 5 nitrogen and oxygen atoms in total. The number of carbonyl (C=O) groups excluding carboxylic acids is 1. The van der Waals surface area contributed by atoms with Crippen LogP contribution >= 0.6 is 11.6 Å². The Morgan fingerprint density at radius 1 is 1.19 bits per heavy atom. The van der Waals surface area contributed by atoms with E-state index in [4.69, 9.17) is 16.3 Å². The van der Waals surface area contributed by atoms with E-state index in [9.17, 15) is 9.18 Å². The molecular formula is C19H17ClFN3O2. The lowest BCUT2D eigenvalue weighted by Crippen LogP contribution is -2.28. The molecule has 1 heterocycles. The van der Waals surface area contributed by atoms with Gasteiger partial charge in [-0.05, 0) is 35.4 Å². The van der Waals surface area contributed by atoms with Crippen LogP contribution in [0.25, 0.3) is 0 Å². The molecule has 3 aromatic rings. The summed E-state index contributed by atoms with van der Waals surface area (Å²) in [5, 5.41) is 7.06. The Morgan fingerprint density at radius 2 is 1.96 bits per heavy atom. The fourth-order valence-corrected chi connectivity index (χ4v) is 2.55. The second-order valence-electron chi connectivity index (χ2n) is 5.66. The van der Waals surface area contributed by atoms with Crippen molar-refractivity contribution in [1.82, 2.24) is 15.1 Å². The maximum atomic E-state index is 13.0. The fraction of sp³-hybridized carbons (Fsp3) is 0.158. The van der Waals surface area contributed by atoms with Crippen LogP contribution in [0.2, 0.25) is 5.02 Å². The van der Waals surface area contributed by atoms with Crippen molar-refractivity contribution in [3.05, 3.63) is 82.9 Å². The summed E-state index contributed by atoms with van der Waals surface area (Å²) in [6, 6.07) is 13.5. The molecule has 0 fully saturated rings. The highest BCUT2D eigenvalue weighted by molar-refractivity contribution is 6.32. The number of hydrogen-bond donors (Lipinski definition) is 1. The molecule has 0 saturated carbocycles. The average Bonchev–Trinajstić information content (AvgIpc) is 3.13. The molecule has 3 rings (SSSR count). The Labute approximate surface area is 155 Å². The lowest BCUT2D eigenvalue weighted by Gasteiger charge is -2.09. The number of halogens is 2. The summed E-state index contributed by atoms with van der Waals surface area (Å²) in [7, 11) is 0. The Balaban J connectivity index is 1.45. The van der Waals surface area contributed by atoms with Gasteiger partial charge >= 0.3 is 0 Å². The maximum absolute atomic E-state index is 13.0. The van der Waals surface area contributed by atoms with E-state index >= 15 is 0 Å². The van der Waals surface area contributed by atoms with E-state index in [-0.39, 0.29) is 23.3 Å². The van der Waals surface area contributed by atoms with Crippen molar-refractivity contribution in [3.8, 4) is 5.75 Å². The predicted molar refractivity (Wildman–Crippen MR) is 96.5 cm³/mol. The summed E-state index contributed by atoms with van der Waals surface area (Å²) in [5.41, 5.74) is 2.10. The lowest BCUT2D eigenvalue weighted by molar-refractivity contribution is -0.123. The zero-order chi connectivity index (χ0) is 18.4. The highest BCUT2D eigenvalue weighted by atomic mass is 35.5. The Morgan fingerprint density at radius 3 is 2.65 bits per heavy atom. The number of rotatable bonds is 7. The van der Waals surface area contributed by atoms with E-state index in [0.29, 0.717) is 13.1 Å². The van der Waals surface area contributed by atoms with Gasteiger partial charge in [-0.2, -0.15) is 5.10 Å². The molecule has 0 atom stereocenters. The number of aromatic nitrogens is 2. The van der Waals surface area contributed by atoms with Crippen LogP contribution in [0.3, 0.4) is 0 Å². The predicted octanol–water partition coefficient (Wildman–Crippen LogP) is 3.42. The van der Waals surface area contributed by atoms with E-state index in [1.54, 1.807) is 6.20 Å². The fourth-order valence-electron chi connectivity index (χ4n) is 2.33. The number of hydrogen-bond acceptors (Lipinski definition) is 3. The molecule has 2 aromatic carbocycles. The van der Waals surface area contributed by atoms with Gasteiger partial charge in [0, 0.05) is 18.9 Å². The van der Waals surface area contributed by atoms with Crippen LogP contribution in [0.15, 0.2) is 60.9 Å². The van der Waals surface area contributed by atoms with Crippen molar-refractivity contribution < 1.29 is 13.9 Å². The van der Waals surface area contributed by atoms with Gasteiger partial charge in [0.1, 0.15) is 11.6 Å². The molecule has 26 heavy (non-hydrogen) atoms. The molecule has 0 bridgehead atoms. The molecule has 0 aliphatic carbocycles. The monoisotopic (exact) mass is 373 g/mol. The Kier molecular flexibility index (Phi) is 5.86. The topological polar surface area (TPSA) is 56.1 Å². The van der Waals surface area contributed by atoms with Crippen LogP contribution in [0.4, 0.5) is 4.39 Å². The van der Waals surface area contributed by atoms with Gasteiger partial charge < -0.3 is 10.1 Å². The minimum Gasteiger partial charge on any atom is -0.482 e. The smallest absolute Gasteiger partial charge is 0.258 e. The summed E-state index contributed by atoms with van der Waals surface area (Å²) >= 11 is 5.85. The summed E-state index contributed by atoms with van der Waals surface area (Å²) in [4.78, 5) is 11.9. The SMILES string of the molecule is O=C(COc1ccc(F)cc1Cl)NCc1ccc(Cn2cccn2)cc1. The zero-order valence-electron chi connectivity index (χ0n) is 13.9. The largest absolute Gasteiger partial charge is 0.482 e. The van der Waals surface area contributed by atoms with Gasteiger partial charge in [0.05, 0.1) is 11.6 Å². The average molecular weight is 374 g/mol. The molecule has 7 heteroatoms. The third kappa shape index (κ3) is 5.07. The van der Waals surface area contributed by atoms with Crippen molar-refractivity contribution in [1.29, 1.82) is 0 Å². The molecule has 0 saturated heterocycles. The number of ether oxygens (including phenoxy) is 1. The summed E-state index contributed by atoms with van der Waals surface area (Å²) in [5.74, 6) is -0.472. The van der Waals surface area contributed by atoms with E-state index in [1.807, 2.05) is 41.2 Å². The number of nitrogens with one attached hydrogen (secondary N) is 1. The van der Waals surface area contributed by atoms with Crippen LogP contribution in [0.1, 0.15) is 11.1 Å². The molecule has 0 unspecified atom stereocenters. The van der Waals surface area contributed by atoms with Gasteiger partial charge in [0.2, 0.25) is 0 Å². The third-order valence-electron chi connectivity index (χ3n) is 3.67. The first kappa shape index (κ1) is 17.9. The minimum atomic E-state index is -0.456. The molecule has 0 aliphatic rings. The van der Waals surface area contributed by atoms with Crippen LogP contribution in [-0.2, 0) is 17.9 Å². The summed E-state index contributed by atoms with van der Waals surface area (Å²) in [6.45, 7) is 0.899. The van der Waals surface area contributed by atoms with E-state index in [2.05, 4.69) is 10.4 Å². The molecular weight excluding hydrogens is 357 g/mol. The second kappa shape index (κ2) is 8.49. The highest BCUT2D eigenvalue weighted by Gasteiger charge is 2.07. The number of amides is 1. The van der Waals surface area contributed by atoms with Crippen LogP contribution in [0.5, 0.6) is 5.75 Å². The molecule has 0 radical (unpaired) electrons. The van der Waals surface area contributed by atoms with Crippen molar-refractivity contribution in [2.75, 3.05) is 6.61 Å². The van der Waals surface area contributed by atoms with E-state index in [0.717, 1.165) is 17.2 Å². The molecule has 1 amide bonds. The molecule has 1 N–H and O–H groups in total. The Bertz CT molecular complexity index is 867. The second-order valence-corrected chi connectivity index (χ2v) is 6.07. The van der Waals surface area contributed by atoms with Crippen molar-refractivity contribution in [3.63, 3.8) is 0 Å². The number of carbonyl (C=O) groups is 1. The number of benzene rings is 2. The first-order valence-corrected chi connectivity index (χ1v) is 8.38. The first-order valence-electron chi connectivity index (χ1n) is 8.00. The van der Waals surface area contributed by atoms with Crippen LogP contribution < -0.4 is 10.1 Å². The van der Waals surface area contributed by atoms with Gasteiger partial charge in [0.15, 0.2) is 6.61 Å². The molecule has 0 aliphatic heterocycles. The Hall–Kier alpha value is -2.86. The van der Waals surface area contributed by atoms with E-state index in [1.165, 1.54) is 12.1 Å². The van der Waals surface area contributed by atoms with Gasteiger partial charge in [-0.15, -0.1) is 0 Å². The van der Waals surface area contributed by atoms with Crippen LogP contribution in [-0.4, -0.2) is 22.3 Å². The van der Waals surface area contributed by atoms with Gasteiger partial charge in [-0.3, -0.25) is 9.48 Å². The molecule has 0 spiro atoms. The first-order chi connectivity index (χ1) is 12.6. The normalized spacial score (nSPS) is 10.5. The van der Waals surface area contributed by atoms with Crippen LogP contribution in [0, 0.1) is 5.82 Å². The van der Waals surface area contributed by atoms with Gasteiger partial charge in [-0.25, -0.2) is 4.39 Å². The van der Waals surface area contributed by atoms with Gasteiger partial charge in [0.25, 0.3) is 5.91 Å². The minimum absolute atomic E-state index is 0.130. The maximum Gasteiger partial charge on any atom is 0.258 e. The molecule has 134 valence electrons. The third-order valence-corrected chi connectivity index (χ3v) is 3.96. The van der Waals surface area contributed by atoms with Crippen molar-refractivity contribution >= 4 is 17.5 Å². The standard InChI is InChI=1S/C19H17ClFN3O2/c20-17-10-16(21)6-7-18(17)26-13-19(25)22-11-14-2-4-15(5-3-14)12-24-9-1-8-23-24/h1-10H,11-13H2,(H,22,25). The quantitative estimate of drug-likeness (QED) is 0.690. The summed E-state index contributed by atoms with van der Waals surface area (Å²) in [6.07, 6.45) is 3.65. The lowest BCUT2D eigenvalue weighted by atomic mass is 10.1. The number of nitrogens with zero attached hydrogens (tertiary/aromatic N) is 2. The zero-order valence-corrected chi connectivity index (χ0v) is 14.6. The van der Waals surface area contributed by atoms with Gasteiger partial charge in [-0.1, -0.05) is 35.9 Å².